The van der Waals surface area contributed by atoms with Crippen molar-refractivity contribution in [1.82, 2.24) is 10.6 Å². The molecule has 1 unspecified atom stereocenters. The molecule has 1 aliphatic heterocycles. The Bertz CT molecular complexity index is 297. The summed E-state index contributed by atoms with van der Waals surface area (Å²) in [5.74, 6) is -0.259. The molecule has 1 saturated heterocycles. The van der Waals surface area contributed by atoms with Crippen molar-refractivity contribution in [3.8, 4) is 0 Å². The van der Waals surface area contributed by atoms with Gasteiger partial charge in [-0.1, -0.05) is 20.3 Å². The van der Waals surface area contributed by atoms with Crippen molar-refractivity contribution in [1.29, 1.82) is 0 Å². The van der Waals surface area contributed by atoms with Crippen molar-refractivity contribution >= 4 is 40.7 Å². The van der Waals surface area contributed by atoms with Crippen LogP contribution in [0.3, 0.4) is 0 Å². The molecule has 0 saturated carbocycles. The summed E-state index contributed by atoms with van der Waals surface area (Å²) in [5, 5.41) is 4.30. The zero-order chi connectivity index (χ0) is 14.7. The number of ether oxygens (including phenoxy) is 2. The van der Waals surface area contributed by atoms with E-state index in [1.807, 2.05) is 19.2 Å². The van der Waals surface area contributed by atoms with Crippen molar-refractivity contribution in [2.75, 3.05) is 13.2 Å². The van der Waals surface area contributed by atoms with E-state index in [-0.39, 0.29) is 16.6 Å². The number of nitrogens with one attached hydrogen (secondary N) is 2. The topological polar surface area (TPSA) is 93.7 Å². The lowest BCUT2D eigenvalue weighted by Gasteiger charge is -2.08. The third kappa shape index (κ3) is 10.5. The molecule has 1 rings (SSSR count). The van der Waals surface area contributed by atoms with E-state index >= 15 is 0 Å². The highest BCUT2D eigenvalue weighted by molar-refractivity contribution is 14.1. The average Bonchev–Trinajstić information content (AvgIpc) is 2.74. The number of carbonyl (C=O) groups excluding carboxylic acids is 3. The summed E-state index contributed by atoms with van der Waals surface area (Å²) in [6.07, 6.45) is 2.18. The minimum atomic E-state index is -0.551. The highest BCUT2D eigenvalue weighted by Gasteiger charge is 2.14. The quantitative estimate of drug-likeness (QED) is 0.248. The highest BCUT2D eigenvalue weighted by Crippen LogP contribution is 2.08. The Balaban J connectivity index is 0.000000388. The van der Waals surface area contributed by atoms with Gasteiger partial charge in [0.1, 0.15) is 0 Å². The lowest BCUT2D eigenvalue weighted by atomic mass is 10.4. The number of amides is 3. The number of urea groups is 1. The van der Waals surface area contributed by atoms with Crippen LogP contribution in [-0.4, -0.2) is 35.4 Å². The van der Waals surface area contributed by atoms with Gasteiger partial charge in [0.05, 0.1) is 13.2 Å². The number of carbonyl (C=O) groups is 3. The monoisotopic (exact) mass is 386 g/mol. The maximum Gasteiger partial charge on any atom is 0.509 e. The van der Waals surface area contributed by atoms with E-state index < -0.39 is 12.2 Å². The van der Waals surface area contributed by atoms with Gasteiger partial charge in [-0.3, -0.25) is 10.1 Å². The zero-order valence-electron chi connectivity index (χ0n) is 11.0. The van der Waals surface area contributed by atoms with Crippen molar-refractivity contribution in [3.05, 3.63) is 0 Å². The number of hydrogen-bond acceptors (Lipinski definition) is 5. The van der Waals surface area contributed by atoms with E-state index in [9.17, 15) is 14.4 Å². The van der Waals surface area contributed by atoms with Crippen LogP contribution in [-0.2, 0) is 14.3 Å². The highest BCUT2D eigenvalue weighted by atomic mass is 127. The third-order valence-electron chi connectivity index (χ3n) is 1.93. The molecule has 0 radical (unpaired) electrons. The largest absolute Gasteiger partial charge is 0.509 e. The van der Waals surface area contributed by atoms with Crippen LogP contribution in [0.4, 0.5) is 9.59 Å². The maximum atomic E-state index is 10.8. The number of alkyl halides is 1. The molecule has 8 heteroatoms. The van der Waals surface area contributed by atoms with Gasteiger partial charge in [-0.2, -0.15) is 0 Å². The van der Waals surface area contributed by atoms with Crippen molar-refractivity contribution in [2.45, 2.75) is 37.2 Å². The standard InChI is InChI=1S/C8H15IO3.C3H4N2O2/c1-3-5-6-11-8(10)12-7(9)4-2;6-2-1-4-3(7)5-2/h7H,3-6H2,1-2H3;1H2,(H2,4,5,6,7). The molecule has 0 aromatic rings. The second kappa shape index (κ2) is 10.8. The normalized spacial score (nSPS) is 14.7. The van der Waals surface area contributed by atoms with Crippen LogP contribution in [0.1, 0.15) is 33.1 Å². The van der Waals surface area contributed by atoms with Crippen LogP contribution in [0.2, 0.25) is 0 Å². The second-order valence-corrected chi connectivity index (χ2v) is 5.01. The van der Waals surface area contributed by atoms with Gasteiger partial charge in [-0.15, -0.1) is 0 Å². The Morgan fingerprint density at radius 3 is 2.47 bits per heavy atom. The molecule has 19 heavy (non-hydrogen) atoms. The van der Waals surface area contributed by atoms with Crippen LogP contribution in [0, 0.1) is 0 Å². The smallest absolute Gasteiger partial charge is 0.434 e. The number of rotatable bonds is 5. The Kier molecular flexibility index (Phi) is 10.2. The molecule has 1 fully saturated rings. The molecular weight excluding hydrogens is 367 g/mol. The predicted octanol–water partition coefficient (Wildman–Crippen LogP) is 1.94. The van der Waals surface area contributed by atoms with Gasteiger partial charge in [0, 0.05) is 0 Å². The molecule has 0 aromatic carbocycles. The van der Waals surface area contributed by atoms with Crippen LogP contribution in [0.25, 0.3) is 0 Å². The van der Waals surface area contributed by atoms with Crippen molar-refractivity contribution < 1.29 is 23.9 Å². The summed E-state index contributed by atoms with van der Waals surface area (Å²) in [4.78, 5) is 30.9. The first kappa shape index (κ1) is 17.9. The molecule has 0 aromatic heterocycles. The fourth-order valence-corrected chi connectivity index (χ4v) is 1.10. The van der Waals surface area contributed by atoms with E-state index in [1.54, 1.807) is 0 Å². The summed E-state index contributed by atoms with van der Waals surface area (Å²) in [5.41, 5.74) is 0. The maximum absolute atomic E-state index is 10.8. The first-order chi connectivity index (χ1) is 8.99. The zero-order valence-corrected chi connectivity index (χ0v) is 13.2. The molecule has 0 aliphatic carbocycles. The fraction of sp³-hybridized carbons (Fsp3) is 0.727. The molecule has 3 amide bonds. The summed E-state index contributed by atoms with van der Waals surface area (Å²) >= 11 is 2.06. The van der Waals surface area contributed by atoms with Gasteiger partial charge < -0.3 is 14.8 Å². The predicted molar refractivity (Wildman–Crippen MR) is 77.0 cm³/mol. The molecular formula is C11H19IN2O5. The first-order valence-corrected chi connectivity index (χ1v) is 7.29. The molecule has 1 aliphatic rings. The average molecular weight is 386 g/mol. The Morgan fingerprint density at radius 1 is 1.42 bits per heavy atom. The molecule has 0 bridgehead atoms. The second-order valence-electron chi connectivity index (χ2n) is 3.62. The minimum absolute atomic E-state index is 0.0725. The van der Waals surface area contributed by atoms with Crippen molar-refractivity contribution in [2.24, 2.45) is 0 Å². The van der Waals surface area contributed by atoms with E-state index in [0.29, 0.717) is 6.61 Å². The van der Waals surface area contributed by atoms with Crippen LogP contribution in [0.15, 0.2) is 0 Å². The number of imide groups is 1. The van der Waals surface area contributed by atoms with Gasteiger partial charge >= 0.3 is 12.2 Å². The Morgan fingerprint density at radius 2 is 2.11 bits per heavy atom. The van der Waals surface area contributed by atoms with E-state index in [4.69, 9.17) is 9.47 Å². The summed E-state index contributed by atoms with van der Waals surface area (Å²) < 4.78 is 9.59. The SMILES string of the molecule is CCCCOC(=O)OC(I)CC.O=C1CNC(=O)N1. The van der Waals surface area contributed by atoms with E-state index in [1.165, 1.54) is 0 Å². The van der Waals surface area contributed by atoms with Gasteiger partial charge in [0.25, 0.3) is 0 Å². The van der Waals surface area contributed by atoms with E-state index in [0.717, 1.165) is 19.3 Å². The van der Waals surface area contributed by atoms with Crippen LogP contribution >= 0.6 is 22.6 Å². The summed E-state index contributed by atoms with van der Waals surface area (Å²) in [6.45, 7) is 4.58. The van der Waals surface area contributed by atoms with Crippen LogP contribution < -0.4 is 10.6 Å². The molecule has 110 valence electrons. The summed E-state index contributed by atoms with van der Waals surface area (Å²) in [6, 6.07) is -0.398. The molecule has 0 spiro atoms. The Labute approximate surface area is 125 Å². The van der Waals surface area contributed by atoms with Crippen molar-refractivity contribution in [3.63, 3.8) is 0 Å². The molecule has 1 atom stereocenters. The van der Waals surface area contributed by atoms with Gasteiger partial charge in [-0.05, 0) is 35.4 Å². The van der Waals surface area contributed by atoms with Gasteiger partial charge in [0.2, 0.25) is 5.91 Å². The lowest BCUT2D eigenvalue weighted by molar-refractivity contribution is -0.117. The molecule has 7 nitrogen and oxygen atoms in total. The van der Waals surface area contributed by atoms with Crippen LogP contribution in [0.5, 0.6) is 0 Å². The van der Waals surface area contributed by atoms with E-state index in [2.05, 4.69) is 27.9 Å². The number of unbranched alkanes of at least 4 members (excludes halogenated alkanes) is 1. The number of hydrogen-bond donors (Lipinski definition) is 2. The first-order valence-electron chi connectivity index (χ1n) is 6.04. The molecule has 2 N–H and O–H groups in total. The third-order valence-corrected chi connectivity index (χ3v) is 3.06. The van der Waals surface area contributed by atoms with Gasteiger partial charge in [0.15, 0.2) is 4.11 Å². The fourth-order valence-electron chi connectivity index (χ4n) is 0.897. The lowest BCUT2D eigenvalue weighted by Crippen LogP contribution is -2.22. The minimum Gasteiger partial charge on any atom is -0.434 e. The Hall–Kier alpha value is -1.06. The molecule has 1 heterocycles. The number of halogens is 1. The summed E-state index contributed by atoms with van der Waals surface area (Å²) in [7, 11) is 0. The van der Waals surface area contributed by atoms with Gasteiger partial charge in [-0.25, -0.2) is 9.59 Å².